The molecule has 0 heterocycles. The minimum Gasteiger partial charge on any atom is -0.382 e. The molecule has 0 fully saturated rings. The molecule has 14 heteroatoms. The lowest BCUT2D eigenvalue weighted by atomic mass is 10.0. The molecule has 0 radical (unpaired) electrons. The monoisotopic (exact) mass is 382 g/mol. The van der Waals surface area contributed by atoms with Gasteiger partial charge in [0.05, 0.1) is 13.1 Å². The van der Waals surface area contributed by atoms with E-state index < -0.39 is 59.7 Å². The number of ketones is 2. The van der Waals surface area contributed by atoms with E-state index in [-0.39, 0.29) is 12.3 Å². The average Bonchev–Trinajstić information content (AvgIpc) is 2.52. The predicted molar refractivity (Wildman–Crippen MR) is 81.6 cm³/mol. The van der Waals surface area contributed by atoms with Crippen molar-refractivity contribution in [3.05, 3.63) is 0 Å². The molecule has 2 atom stereocenters. The highest BCUT2D eigenvalue weighted by molar-refractivity contribution is 6.34. The van der Waals surface area contributed by atoms with Crippen molar-refractivity contribution in [1.29, 1.82) is 0 Å². The highest BCUT2D eigenvalue weighted by Crippen LogP contribution is 2.10. The summed E-state index contributed by atoms with van der Waals surface area (Å²) < 4.78 is 7.76. The van der Waals surface area contributed by atoms with Crippen LogP contribution in [0.15, 0.2) is 0 Å². The summed E-state index contributed by atoms with van der Waals surface area (Å²) in [5.41, 5.74) is 4.25. The Morgan fingerprint density at radius 1 is 0.731 bits per heavy atom. The second kappa shape index (κ2) is 10.4. The summed E-state index contributed by atoms with van der Waals surface area (Å²) in [6, 6.07) is 0. The third-order valence-electron chi connectivity index (χ3n) is 2.79. The fraction of sp³-hybridized carbons (Fsp3) is 0.500. The van der Waals surface area contributed by atoms with Crippen LogP contribution in [0.4, 0.5) is 0 Å². The smallest absolute Gasteiger partial charge is 0.382 e. The first kappa shape index (κ1) is 28.2. The van der Waals surface area contributed by atoms with Gasteiger partial charge in [-0.2, -0.15) is 0 Å². The van der Waals surface area contributed by atoms with Gasteiger partial charge in [0.2, 0.25) is 11.2 Å². The summed E-state index contributed by atoms with van der Waals surface area (Å²) in [4.78, 5) is 67.9. The van der Waals surface area contributed by atoms with E-state index in [1.165, 1.54) is 0 Å². The van der Waals surface area contributed by atoms with Gasteiger partial charge in [-0.15, -0.1) is 0 Å². The average molecular weight is 382 g/mol. The van der Waals surface area contributed by atoms with E-state index in [2.05, 4.69) is 9.47 Å². The van der Waals surface area contributed by atoms with Gasteiger partial charge >= 0.3 is 23.9 Å². The maximum atomic E-state index is 11.4. The molecule has 0 saturated heterocycles. The molecule has 0 amide bonds. The largest absolute Gasteiger partial charge is 0.425 e. The SMILES string of the molecule is CC(O)(C(=O)CN)C(=O)OC(=O)C(=O)OC(=O)C(C)(O)C(=O)CN.N.N. The molecule has 0 aromatic rings. The van der Waals surface area contributed by atoms with Crippen LogP contribution in [0.2, 0.25) is 0 Å². The van der Waals surface area contributed by atoms with E-state index >= 15 is 0 Å². The molecule has 150 valence electrons. The van der Waals surface area contributed by atoms with E-state index in [4.69, 9.17) is 11.5 Å². The standard InChI is InChI=1S/C12H16N2O10.2H3N/c1-11(21,5(15)3-13)9(19)23-7(17)8(18)24-10(20)12(2,22)6(16)4-14;;/h21-22H,3-4,13-14H2,1-2H3;2*1H3. The van der Waals surface area contributed by atoms with Crippen molar-refractivity contribution in [3.63, 3.8) is 0 Å². The van der Waals surface area contributed by atoms with Crippen molar-refractivity contribution >= 4 is 35.4 Å². The second-order valence-electron chi connectivity index (χ2n) is 4.75. The minimum atomic E-state index is -2.81. The number of ether oxygens (including phenoxy) is 2. The Morgan fingerprint density at radius 3 is 1.15 bits per heavy atom. The summed E-state index contributed by atoms with van der Waals surface area (Å²) in [5, 5.41) is 19.0. The summed E-state index contributed by atoms with van der Waals surface area (Å²) >= 11 is 0. The Labute approximate surface area is 146 Å². The van der Waals surface area contributed by atoms with Crippen LogP contribution in [0.25, 0.3) is 0 Å². The van der Waals surface area contributed by atoms with Crippen LogP contribution >= 0.6 is 0 Å². The molecule has 14 nitrogen and oxygen atoms in total. The van der Waals surface area contributed by atoms with Crippen LogP contribution in [0.1, 0.15) is 13.8 Å². The number of hydrogen-bond acceptors (Lipinski definition) is 14. The molecule has 0 aliphatic rings. The van der Waals surface area contributed by atoms with Gasteiger partial charge in [0.25, 0.3) is 0 Å². The van der Waals surface area contributed by atoms with E-state index in [9.17, 15) is 39.0 Å². The lowest BCUT2D eigenvalue weighted by molar-refractivity contribution is -0.188. The fourth-order valence-electron chi connectivity index (χ4n) is 1.08. The molecular weight excluding hydrogens is 360 g/mol. The molecule has 0 aliphatic heterocycles. The number of aliphatic hydroxyl groups is 2. The molecule has 0 aromatic carbocycles. The van der Waals surface area contributed by atoms with E-state index in [0.717, 1.165) is 0 Å². The Kier molecular flexibility index (Phi) is 11.3. The van der Waals surface area contributed by atoms with Crippen LogP contribution in [0.5, 0.6) is 0 Å². The van der Waals surface area contributed by atoms with E-state index in [0.29, 0.717) is 13.8 Å². The number of carbonyl (C=O) groups excluding carboxylic acids is 6. The molecule has 0 aliphatic carbocycles. The Hall–Kier alpha value is -2.62. The highest BCUT2D eigenvalue weighted by Gasteiger charge is 2.44. The van der Waals surface area contributed by atoms with Crippen molar-refractivity contribution < 1.29 is 48.5 Å². The number of rotatable bonds is 6. The van der Waals surface area contributed by atoms with Gasteiger partial charge in [-0.3, -0.25) is 9.59 Å². The lowest BCUT2D eigenvalue weighted by Gasteiger charge is -2.19. The maximum Gasteiger partial charge on any atom is 0.425 e. The first-order valence-electron chi connectivity index (χ1n) is 6.26. The quantitative estimate of drug-likeness (QED) is 0.145. The molecule has 26 heavy (non-hydrogen) atoms. The van der Waals surface area contributed by atoms with Crippen LogP contribution in [0, 0.1) is 0 Å². The van der Waals surface area contributed by atoms with Crippen LogP contribution in [-0.4, -0.2) is 69.9 Å². The second-order valence-corrected chi connectivity index (χ2v) is 4.75. The van der Waals surface area contributed by atoms with Gasteiger partial charge in [-0.05, 0) is 13.8 Å². The van der Waals surface area contributed by atoms with Crippen LogP contribution in [-0.2, 0) is 38.2 Å². The zero-order valence-corrected chi connectivity index (χ0v) is 14.1. The van der Waals surface area contributed by atoms with Gasteiger partial charge in [0.15, 0.2) is 11.6 Å². The van der Waals surface area contributed by atoms with Crippen molar-refractivity contribution in [2.45, 2.75) is 25.0 Å². The first-order valence-corrected chi connectivity index (χ1v) is 6.26. The Bertz CT molecular complexity index is 547. The molecule has 0 aromatic heterocycles. The van der Waals surface area contributed by atoms with Crippen LogP contribution < -0.4 is 23.8 Å². The zero-order chi connectivity index (χ0) is 19.3. The van der Waals surface area contributed by atoms with Crippen molar-refractivity contribution in [1.82, 2.24) is 12.3 Å². The van der Waals surface area contributed by atoms with Gasteiger partial charge in [-0.25, -0.2) is 19.2 Å². The van der Waals surface area contributed by atoms with Crippen molar-refractivity contribution in [2.24, 2.45) is 11.5 Å². The zero-order valence-electron chi connectivity index (χ0n) is 14.1. The summed E-state index contributed by atoms with van der Waals surface area (Å²) in [6.45, 7) is -0.190. The Morgan fingerprint density at radius 2 is 0.962 bits per heavy atom. The Balaban J connectivity index is -0.00000264. The minimum absolute atomic E-state index is 0. The lowest BCUT2D eigenvalue weighted by Crippen LogP contribution is -2.50. The van der Waals surface area contributed by atoms with Gasteiger partial charge in [0.1, 0.15) is 0 Å². The van der Waals surface area contributed by atoms with Gasteiger partial charge in [-0.1, -0.05) is 0 Å². The molecule has 12 N–H and O–H groups in total. The highest BCUT2D eigenvalue weighted by atomic mass is 16.6. The molecule has 0 rings (SSSR count). The number of Topliss-reactive ketones (excluding diaryl/α,β-unsaturated/α-hetero) is 2. The molecule has 0 bridgehead atoms. The van der Waals surface area contributed by atoms with Crippen LogP contribution in [0.3, 0.4) is 0 Å². The third kappa shape index (κ3) is 6.36. The summed E-state index contributed by atoms with van der Waals surface area (Å²) in [6.07, 6.45) is 0. The summed E-state index contributed by atoms with van der Waals surface area (Å²) in [7, 11) is 0. The molecule has 0 spiro atoms. The maximum absolute atomic E-state index is 11.4. The molecular formula is C12H22N4O10. The van der Waals surface area contributed by atoms with Gasteiger partial charge in [0, 0.05) is 0 Å². The number of nitrogens with two attached hydrogens (primary N) is 2. The normalized spacial score (nSPS) is 14.2. The fourth-order valence-corrected chi connectivity index (χ4v) is 1.08. The third-order valence-corrected chi connectivity index (χ3v) is 2.79. The van der Waals surface area contributed by atoms with Gasteiger partial charge < -0.3 is 43.5 Å². The van der Waals surface area contributed by atoms with Crippen molar-refractivity contribution in [2.75, 3.05) is 13.1 Å². The van der Waals surface area contributed by atoms with E-state index in [1.54, 1.807) is 0 Å². The number of hydrogen-bond donors (Lipinski definition) is 6. The number of carbonyl (C=O) groups is 6. The molecule has 0 saturated carbocycles. The summed E-state index contributed by atoms with van der Waals surface area (Å²) in [5.74, 6) is -10.2. The van der Waals surface area contributed by atoms with E-state index in [1.807, 2.05) is 0 Å². The first-order chi connectivity index (χ1) is 10.8. The topological polar surface area (TPSA) is 283 Å². The number of esters is 4. The van der Waals surface area contributed by atoms with Crippen molar-refractivity contribution in [3.8, 4) is 0 Å². The molecule has 2 unspecified atom stereocenters. The predicted octanol–water partition coefficient (Wildman–Crippen LogP) is -3.99.